The van der Waals surface area contributed by atoms with Crippen LogP contribution in [0.3, 0.4) is 0 Å². The first kappa shape index (κ1) is 17.7. The molecule has 0 unspecified atom stereocenters. The van der Waals surface area contributed by atoms with E-state index in [0.29, 0.717) is 23.7 Å². The van der Waals surface area contributed by atoms with Gasteiger partial charge in [-0.3, -0.25) is 9.89 Å². The number of hydrogen-bond acceptors (Lipinski definition) is 4. The Balaban J connectivity index is 1.48. The van der Waals surface area contributed by atoms with Crippen molar-refractivity contribution in [3.05, 3.63) is 66.0 Å². The number of aromatic nitrogens is 3. The molecule has 3 N–H and O–H groups in total. The Morgan fingerprint density at radius 2 is 1.89 bits per heavy atom. The molecule has 0 aliphatic carbocycles. The third-order valence-corrected chi connectivity index (χ3v) is 4.58. The van der Waals surface area contributed by atoms with E-state index in [4.69, 9.17) is 9.47 Å². The van der Waals surface area contributed by atoms with Crippen molar-refractivity contribution in [2.24, 2.45) is 0 Å². The average Bonchev–Trinajstić information content (AvgIpc) is 3.41. The molecular weight excluding hydrogens is 356 g/mol. The van der Waals surface area contributed by atoms with Gasteiger partial charge in [0.15, 0.2) is 0 Å². The summed E-state index contributed by atoms with van der Waals surface area (Å²) in [5.74, 6) is 1.12. The molecule has 0 aliphatic heterocycles. The van der Waals surface area contributed by atoms with Gasteiger partial charge in [-0.05, 0) is 29.3 Å². The molecule has 4 aromatic rings. The molecule has 142 valence electrons. The van der Waals surface area contributed by atoms with Crippen LogP contribution in [0.4, 0.5) is 0 Å². The van der Waals surface area contributed by atoms with Crippen LogP contribution in [0.15, 0.2) is 54.7 Å². The van der Waals surface area contributed by atoms with Gasteiger partial charge < -0.3 is 19.8 Å². The fourth-order valence-corrected chi connectivity index (χ4v) is 3.08. The van der Waals surface area contributed by atoms with Crippen LogP contribution in [0.5, 0.6) is 11.5 Å². The lowest BCUT2D eigenvalue weighted by Crippen LogP contribution is -2.23. The van der Waals surface area contributed by atoms with Crippen molar-refractivity contribution < 1.29 is 14.3 Å². The van der Waals surface area contributed by atoms with Crippen molar-refractivity contribution in [2.45, 2.75) is 6.54 Å². The molecule has 0 radical (unpaired) electrons. The number of hydrogen-bond donors (Lipinski definition) is 3. The third-order valence-electron chi connectivity index (χ3n) is 4.58. The highest BCUT2D eigenvalue weighted by Gasteiger charge is 2.13. The van der Waals surface area contributed by atoms with E-state index in [1.165, 1.54) is 0 Å². The van der Waals surface area contributed by atoms with Crippen molar-refractivity contribution in [1.29, 1.82) is 0 Å². The Hall–Kier alpha value is -3.74. The lowest BCUT2D eigenvalue weighted by Gasteiger charge is -2.06. The molecule has 7 heteroatoms. The summed E-state index contributed by atoms with van der Waals surface area (Å²) in [5.41, 5.74) is 4.24. The molecule has 0 fully saturated rings. The predicted octanol–water partition coefficient (Wildman–Crippen LogP) is 3.51. The average molecular weight is 376 g/mol. The van der Waals surface area contributed by atoms with E-state index < -0.39 is 0 Å². The van der Waals surface area contributed by atoms with Crippen molar-refractivity contribution in [1.82, 2.24) is 20.5 Å². The first-order valence-electron chi connectivity index (χ1n) is 8.79. The van der Waals surface area contributed by atoms with Gasteiger partial charge in [0.05, 0.1) is 25.4 Å². The van der Waals surface area contributed by atoms with Crippen LogP contribution in [0.2, 0.25) is 0 Å². The Labute approximate surface area is 161 Å². The van der Waals surface area contributed by atoms with Crippen molar-refractivity contribution in [2.75, 3.05) is 14.2 Å². The number of nitrogens with zero attached hydrogens (tertiary/aromatic N) is 1. The quantitative estimate of drug-likeness (QED) is 0.480. The maximum absolute atomic E-state index is 12.6. The fraction of sp³-hybridized carbons (Fsp3) is 0.143. The van der Waals surface area contributed by atoms with Gasteiger partial charge in [0.1, 0.15) is 17.2 Å². The first-order chi connectivity index (χ1) is 13.7. The van der Waals surface area contributed by atoms with Gasteiger partial charge in [0.2, 0.25) is 0 Å². The molecule has 28 heavy (non-hydrogen) atoms. The fourth-order valence-electron chi connectivity index (χ4n) is 3.08. The summed E-state index contributed by atoms with van der Waals surface area (Å²) >= 11 is 0. The van der Waals surface area contributed by atoms with Crippen molar-refractivity contribution >= 4 is 16.8 Å². The molecule has 2 aromatic heterocycles. The van der Waals surface area contributed by atoms with Gasteiger partial charge in [-0.2, -0.15) is 5.10 Å². The van der Waals surface area contributed by atoms with Crippen LogP contribution < -0.4 is 14.8 Å². The smallest absolute Gasteiger partial charge is 0.267 e. The molecule has 2 heterocycles. The van der Waals surface area contributed by atoms with Crippen LogP contribution >= 0.6 is 0 Å². The lowest BCUT2D eigenvalue weighted by atomic mass is 10.1. The monoisotopic (exact) mass is 376 g/mol. The Morgan fingerprint density at radius 1 is 1.07 bits per heavy atom. The molecular formula is C21H20N4O3. The minimum absolute atomic E-state index is 0.185. The number of H-pyrrole nitrogens is 2. The molecule has 1 amide bonds. The van der Waals surface area contributed by atoms with Crippen LogP contribution in [0.25, 0.3) is 22.2 Å². The highest BCUT2D eigenvalue weighted by atomic mass is 16.5. The van der Waals surface area contributed by atoms with E-state index in [0.717, 1.165) is 27.7 Å². The third kappa shape index (κ3) is 3.42. The molecule has 0 atom stereocenters. The van der Waals surface area contributed by atoms with E-state index in [9.17, 15) is 4.79 Å². The number of rotatable bonds is 6. The lowest BCUT2D eigenvalue weighted by molar-refractivity contribution is 0.0946. The van der Waals surface area contributed by atoms with Crippen LogP contribution in [0, 0.1) is 0 Å². The second kappa shape index (κ2) is 7.48. The van der Waals surface area contributed by atoms with Crippen molar-refractivity contribution in [3.63, 3.8) is 0 Å². The number of aromatic amines is 2. The number of methoxy groups -OCH3 is 2. The van der Waals surface area contributed by atoms with E-state index in [1.807, 2.05) is 36.4 Å². The predicted molar refractivity (Wildman–Crippen MR) is 107 cm³/mol. The van der Waals surface area contributed by atoms with Gasteiger partial charge in [-0.15, -0.1) is 0 Å². The summed E-state index contributed by atoms with van der Waals surface area (Å²) in [6, 6.07) is 15.3. The Bertz CT molecular complexity index is 1100. The minimum atomic E-state index is -0.185. The number of fused-ring (bicyclic) bond motifs is 1. The van der Waals surface area contributed by atoms with E-state index in [-0.39, 0.29) is 5.91 Å². The maximum Gasteiger partial charge on any atom is 0.267 e. The SMILES string of the molecule is COc1cc(OC)c2[nH]c(C(=O)NCc3ccc(-c4ccn[nH]4)cc3)cc2c1. The van der Waals surface area contributed by atoms with Crippen LogP contribution in [0.1, 0.15) is 16.1 Å². The summed E-state index contributed by atoms with van der Waals surface area (Å²) in [4.78, 5) is 15.7. The van der Waals surface area contributed by atoms with Crippen LogP contribution in [-0.4, -0.2) is 35.3 Å². The van der Waals surface area contributed by atoms with E-state index in [1.54, 1.807) is 32.5 Å². The summed E-state index contributed by atoms with van der Waals surface area (Å²) in [5, 5.41) is 10.7. The standard InChI is InChI=1S/C21H20N4O3/c1-27-16-9-15-10-18(24-20(15)19(11-16)28-2)21(26)22-12-13-3-5-14(6-4-13)17-7-8-23-25-17/h3-11,24H,12H2,1-2H3,(H,22,26)(H,23,25). The molecule has 7 nitrogen and oxygen atoms in total. The zero-order chi connectivity index (χ0) is 19.5. The number of carbonyl (C=O) groups is 1. The van der Waals surface area contributed by atoms with E-state index in [2.05, 4.69) is 20.5 Å². The Morgan fingerprint density at radius 3 is 2.57 bits per heavy atom. The van der Waals surface area contributed by atoms with E-state index >= 15 is 0 Å². The Kier molecular flexibility index (Phi) is 4.72. The molecule has 0 bridgehead atoms. The minimum Gasteiger partial charge on any atom is -0.497 e. The van der Waals surface area contributed by atoms with Crippen LogP contribution in [-0.2, 0) is 6.54 Å². The second-order valence-corrected chi connectivity index (χ2v) is 6.33. The van der Waals surface area contributed by atoms with Gasteiger partial charge in [0.25, 0.3) is 5.91 Å². The van der Waals surface area contributed by atoms with Gasteiger partial charge in [0, 0.05) is 24.2 Å². The summed E-state index contributed by atoms with van der Waals surface area (Å²) in [7, 11) is 3.18. The number of benzene rings is 2. The first-order valence-corrected chi connectivity index (χ1v) is 8.79. The maximum atomic E-state index is 12.6. The summed E-state index contributed by atoms with van der Waals surface area (Å²) in [6.45, 7) is 0.428. The molecule has 0 aliphatic rings. The zero-order valence-corrected chi connectivity index (χ0v) is 15.6. The molecule has 0 spiro atoms. The second-order valence-electron chi connectivity index (χ2n) is 6.33. The highest BCUT2D eigenvalue weighted by molar-refractivity contribution is 5.99. The number of carbonyl (C=O) groups excluding carboxylic acids is 1. The number of nitrogens with one attached hydrogen (secondary N) is 3. The molecule has 2 aromatic carbocycles. The zero-order valence-electron chi connectivity index (χ0n) is 15.6. The number of amides is 1. The summed E-state index contributed by atoms with van der Waals surface area (Å²) in [6.07, 6.45) is 1.72. The molecule has 0 saturated heterocycles. The summed E-state index contributed by atoms with van der Waals surface area (Å²) < 4.78 is 10.7. The normalized spacial score (nSPS) is 10.8. The molecule has 4 rings (SSSR count). The largest absolute Gasteiger partial charge is 0.497 e. The van der Waals surface area contributed by atoms with Crippen molar-refractivity contribution in [3.8, 4) is 22.8 Å². The molecule has 0 saturated carbocycles. The van der Waals surface area contributed by atoms with Gasteiger partial charge >= 0.3 is 0 Å². The van der Waals surface area contributed by atoms with Gasteiger partial charge in [-0.25, -0.2) is 0 Å². The van der Waals surface area contributed by atoms with Gasteiger partial charge in [-0.1, -0.05) is 24.3 Å². The number of ether oxygens (including phenoxy) is 2. The highest BCUT2D eigenvalue weighted by Crippen LogP contribution is 2.31. The topological polar surface area (TPSA) is 92.0 Å².